The van der Waals surface area contributed by atoms with Crippen molar-refractivity contribution < 1.29 is 24.2 Å². The number of carbonyl (C=O) groups excluding carboxylic acids is 3. The summed E-state index contributed by atoms with van der Waals surface area (Å²) in [5.74, 6) is -1.06. The Morgan fingerprint density at radius 3 is 2.15 bits per heavy atom. The van der Waals surface area contributed by atoms with Crippen LogP contribution >= 0.6 is 0 Å². The highest BCUT2D eigenvalue weighted by atomic mass is 16.5. The number of rotatable bonds is 6. The van der Waals surface area contributed by atoms with Crippen molar-refractivity contribution in [3.8, 4) is 5.75 Å². The summed E-state index contributed by atoms with van der Waals surface area (Å²) in [6.45, 7) is -0.456. The average Bonchev–Trinajstić information content (AvgIpc) is 2.93. The summed E-state index contributed by atoms with van der Waals surface area (Å²) < 4.78 is 5.07. The fourth-order valence-corrected chi connectivity index (χ4v) is 2.82. The molecule has 3 rings (SSSR count). The third kappa shape index (κ3) is 3.16. The second-order valence-corrected chi connectivity index (χ2v) is 5.79. The number of fused-ring (bicyclic) bond motifs is 1. The maximum absolute atomic E-state index is 12.5. The van der Waals surface area contributed by atoms with Gasteiger partial charge in [-0.2, -0.15) is 0 Å². The topological polar surface area (TPSA) is 95.9 Å². The van der Waals surface area contributed by atoms with Crippen LogP contribution < -0.4 is 10.1 Å². The number of carbonyl (C=O) groups is 3. The molecule has 2 aromatic rings. The Balaban J connectivity index is 1.71. The molecule has 1 aliphatic heterocycles. The van der Waals surface area contributed by atoms with E-state index >= 15 is 0 Å². The summed E-state index contributed by atoms with van der Waals surface area (Å²) in [4.78, 5) is 38.2. The summed E-state index contributed by atoms with van der Waals surface area (Å²) in [5, 5.41) is 12.3. The van der Waals surface area contributed by atoms with Gasteiger partial charge >= 0.3 is 0 Å². The van der Waals surface area contributed by atoms with E-state index in [-0.39, 0.29) is 17.7 Å². The zero-order chi connectivity index (χ0) is 18.7. The van der Waals surface area contributed by atoms with E-state index in [1.165, 1.54) is 12.1 Å². The molecule has 0 aromatic heterocycles. The molecule has 3 amide bonds. The van der Waals surface area contributed by atoms with Crippen molar-refractivity contribution in [1.82, 2.24) is 10.2 Å². The van der Waals surface area contributed by atoms with Gasteiger partial charge in [0, 0.05) is 6.54 Å². The second-order valence-electron chi connectivity index (χ2n) is 5.79. The van der Waals surface area contributed by atoms with Crippen molar-refractivity contribution in [1.29, 1.82) is 0 Å². The van der Waals surface area contributed by atoms with E-state index in [2.05, 4.69) is 5.32 Å². The molecule has 0 saturated carbocycles. The number of aliphatic hydroxyl groups is 1. The quantitative estimate of drug-likeness (QED) is 0.754. The Morgan fingerprint density at radius 1 is 1.08 bits per heavy atom. The summed E-state index contributed by atoms with van der Waals surface area (Å²) >= 11 is 0. The summed E-state index contributed by atoms with van der Waals surface area (Å²) in [6, 6.07) is 12.2. The third-order valence-electron chi connectivity index (χ3n) is 4.24. The lowest BCUT2D eigenvalue weighted by molar-refractivity contribution is -0.126. The van der Waals surface area contributed by atoms with Crippen molar-refractivity contribution in [2.24, 2.45) is 0 Å². The van der Waals surface area contributed by atoms with Crippen molar-refractivity contribution >= 4 is 17.7 Å². The van der Waals surface area contributed by atoms with Gasteiger partial charge in [0.25, 0.3) is 11.8 Å². The zero-order valence-corrected chi connectivity index (χ0v) is 14.1. The van der Waals surface area contributed by atoms with E-state index in [1.807, 2.05) is 0 Å². The number of amides is 3. The van der Waals surface area contributed by atoms with E-state index in [4.69, 9.17) is 4.74 Å². The molecule has 2 N–H and O–H groups in total. The van der Waals surface area contributed by atoms with Gasteiger partial charge < -0.3 is 15.2 Å². The molecule has 0 aliphatic carbocycles. The van der Waals surface area contributed by atoms with Crippen LogP contribution in [0.15, 0.2) is 48.5 Å². The highest BCUT2D eigenvalue weighted by molar-refractivity contribution is 6.22. The number of hydrogen-bond acceptors (Lipinski definition) is 5. The van der Waals surface area contributed by atoms with Gasteiger partial charge in [-0.1, -0.05) is 24.3 Å². The first kappa shape index (κ1) is 17.6. The number of ether oxygens (including phenoxy) is 1. The normalized spacial score (nSPS) is 14.2. The molecule has 1 heterocycles. The van der Waals surface area contributed by atoms with Crippen LogP contribution in [0.25, 0.3) is 0 Å². The third-order valence-corrected chi connectivity index (χ3v) is 4.24. The molecule has 134 valence electrons. The number of hydrogen-bond donors (Lipinski definition) is 2. The Labute approximate surface area is 150 Å². The van der Waals surface area contributed by atoms with E-state index in [0.29, 0.717) is 5.75 Å². The van der Waals surface area contributed by atoms with Crippen LogP contribution in [0, 0.1) is 0 Å². The molecule has 0 radical (unpaired) electrons. The summed E-state index contributed by atoms with van der Waals surface area (Å²) in [6.07, 6.45) is 0. The molecule has 0 saturated heterocycles. The molecule has 2 aromatic carbocycles. The largest absolute Gasteiger partial charge is 0.497 e. The van der Waals surface area contributed by atoms with Gasteiger partial charge in [-0.05, 0) is 29.8 Å². The predicted molar refractivity (Wildman–Crippen MR) is 92.7 cm³/mol. The van der Waals surface area contributed by atoms with E-state index in [1.54, 1.807) is 43.5 Å². The highest BCUT2D eigenvalue weighted by Gasteiger charge is 2.42. The first-order valence-corrected chi connectivity index (χ1v) is 8.05. The number of benzene rings is 2. The maximum Gasteiger partial charge on any atom is 0.262 e. The van der Waals surface area contributed by atoms with E-state index < -0.39 is 30.4 Å². The highest BCUT2D eigenvalue weighted by Crippen LogP contribution is 2.24. The van der Waals surface area contributed by atoms with Gasteiger partial charge in [-0.25, -0.2) is 0 Å². The van der Waals surface area contributed by atoms with Crippen LogP contribution in [-0.2, 0) is 11.3 Å². The van der Waals surface area contributed by atoms with Crippen molar-refractivity contribution in [2.75, 3.05) is 13.7 Å². The van der Waals surface area contributed by atoms with Crippen molar-refractivity contribution in [3.63, 3.8) is 0 Å². The average molecular weight is 354 g/mol. The van der Waals surface area contributed by atoms with Crippen molar-refractivity contribution in [3.05, 3.63) is 65.2 Å². The van der Waals surface area contributed by atoms with Crippen LogP contribution in [0.5, 0.6) is 5.75 Å². The molecule has 0 unspecified atom stereocenters. The lowest BCUT2D eigenvalue weighted by atomic mass is 10.1. The fourth-order valence-electron chi connectivity index (χ4n) is 2.82. The van der Waals surface area contributed by atoms with Gasteiger partial charge in [-0.15, -0.1) is 0 Å². The van der Waals surface area contributed by atoms with Gasteiger partial charge in [0.1, 0.15) is 11.8 Å². The maximum atomic E-state index is 12.5. The Kier molecular flexibility index (Phi) is 4.99. The Bertz CT molecular complexity index is 812. The lowest BCUT2D eigenvalue weighted by Crippen LogP contribution is -2.51. The smallest absolute Gasteiger partial charge is 0.262 e. The lowest BCUT2D eigenvalue weighted by Gasteiger charge is -2.23. The van der Waals surface area contributed by atoms with Gasteiger partial charge in [-0.3, -0.25) is 19.3 Å². The Morgan fingerprint density at radius 2 is 1.65 bits per heavy atom. The SMILES string of the molecule is COc1ccc(CNC(=O)[C@@H](CO)N2C(=O)c3ccccc3C2=O)cc1. The fraction of sp³-hybridized carbons (Fsp3) is 0.211. The van der Waals surface area contributed by atoms with Crippen LogP contribution in [0.1, 0.15) is 26.3 Å². The summed E-state index contributed by atoms with van der Waals surface area (Å²) in [7, 11) is 1.56. The molecule has 7 nitrogen and oxygen atoms in total. The number of methoxy groups -OCH3 is 1. The minimum absolute atomic E-state index is 0.197. The zero-order valence-electron chi connectivity index (χ0n) is 14.1. The molecule has 1 atom stereocenters. The summed E-state index contributed by atoms with van der Waals surface area (Å²) in [5.41, 5.74) is 1.29. The second kappa shape index (κ2) is 7.37. The Hall–Kier alpha value is -3.19. The van der Waals surface area contributed by atoms with Crippen LogP contribution in [-0.4, -0.2) is 47.5 Å². The van der Waals surface area contributed by atoms with E-state index in [0.717, 1.165) is 10.5 Å². The monoisotopic (exact) mass is 354 g/mol. The molecular weight excluding hydrogens is 336 g/mol. The number of aliphatic hydroxyl groups excluding tert-OH is 1. The predicted octanol–water partition coefficient (Wildman–Crippen LogP) is 0.968. The van der Waals surface area contributed by atoms with Crippen LogP contribution in [0.2, 0.25) is 0 Å². The van der Waals surface area contributed by atoms with Gasteiger partial charge in [0.05, 0.1) is 24.8 Å². The number of imide groups is 1. The molecule has 0 bridgehead atoms. The molecule has 0 fully saturated rings. The number of nitrogens with zero attached hydrogens (tertiary/aromatic N) is 1. The van der Waals surface area contributed by atoms with E-state index in [9.17, 15) is 19.5 Å². The van der Waals surface area contributed by atoms with Crippen LogP contribution in [0.4, 0.5) is 0 Å². The van der Waals surface area contributed by atoms with Gasteiger partial charge in [0.15, 0.2) is 0 Å². The first-order chi connectivity index (χ1) is 12.6. The molecule has 0 spiro atoms. The molecule has 26 heavy (non-hydrogen) atoms. The molecule has 7 heteroatoms. The number of nitrogens with one attached hydrogen (secondary N) is 1. The standard InChI is InChI=1S/C19H18N2O5/c1-26-13-8-6-12(7-9-13)10-20-17(23)16(11-22)21-18(24)14-4-2-3-5-15(14)19(21)25/h2-9,16,22H,10-11H2,1H3,(H,20,23)/t16-/m1/s1. The minimum Gasteiger partial charge on any atom is -0.497 e. The first-order valence-electron chi connectivity index (χ1n) is 8.05. The van der Waals surface area contributed by atoms with Gasteiger partial charge in [0.2, 0.25) is 5.91 Å². The minimum atomic E-state index is -1.28. The molecule has 1 aliphatic rings. The van der Waals surface area contributed by atoms with Crippen molar-refractivity contribution in [2.45, 2.75) is 12.6 Å². The molecular formula is C19H18N2O5. The van der Waals surface area contributed by atoms with Crippen LogP contribution in [0.3, 0.4) is 0 Å².